The fourth-order valence-electron chi connectivity index (χ4n) is 3.19. The maximum atomic E-state index is 5.31. The zero-order valence-corrected chi connectivity index (χ0v) is 20.9. The zero-order valence-electron chi connectivity index (χ0n) is 18.6. The number of imidazole rings is 1. The third-order valence-corrected chi connectivity index (χ3v) is 4.75. The van der Waals surface area contributed by atoms with E-state index in [1.54, 1.807) is 6.20 Å². The zero-order chi connectivity index (χ0) is 22.2. The van der Waals surface area contributed by atoms with Gasteiger partial charge in [0.05, 0.1) is 18.4 Å². The van der Waals surface area contributed by atoms with E-state index in [9.17, 15) is 0 Å². The molecular weight excluding hydrogens is 531 g/mol. The van der Waals surface area contributed by atoms with E-state index in [0.717, 1.165) is 29.6 Å². The Balaban J connectivity index is 0.00000306. The van der Waals surface area contributed by atoms with Crippen LogP contribution in [0.5, 0.6) is 0 Å². The van der Waals surface area contributed by atoms with Crippen molar-refractivity contribution < 1.29 is 4.52 Å². The number of aromatic nitrogens is 5. The molecule has 3 heterocycles. The summed E-state index contributed by atoms with van der Waals surface area (Å²) in [6, 6.07) is 15.7. The number of aliphatic imine (C=N–C) groups is 1. The lowest BCUT2D eigenvalue weighted by atomic mass is 10.2. The molecule has 4 aromatic rings. The maximum Gasteiger partial charge on any atom is 0.276 e. The van der Waals surface area contributed by atoms with Crippen molar-refractivity contribution in [2.75, 3.05) is 20.1 Å². The number of H-pyrrole nitrogens is 1. The summed E-state index contributed by atoms with van der Waals surface area (Å²) >= 11 is 0. The first-order valence-corrected chi connectivity index (χ1v) is 10.6. The lowest BCUT2D eigenvalue weighted by Crippen LogP contribution is -2.38. The quantitative estimate of drug-likeness (QED) is 0.193. The molecular formula is C23H27IN8O. The Morgan fingerprint density at radius 2 is 1.94 bits per heavy atom. The normalized spacial score (nSPS) is 11.2. The average Bonchev–Trinajstić information content (AvgIpc) is 3.50. The molecule has 9 nitrogen and oxygen atoms in total. The van der Waals surface area contributed by atoms with E-state index in [0.29, 0.717) is 36.9 Å². The van der Waals surface area contributed by atoms with E-state index < -0.39 is 0 Å². The summed E-state index contributed by atoms with van der Waals surface area (Å²) < 4.78 is 5.31. The van der Waals surface area contributed by atoms with Crippen molar-refractivity contribution in [1.82, 2.24) is 35.3 Å². The fraction of sp³-hybridized carbons (Fsp3) is 0.261. The molecule has 0 radical (unpaired) electrons. The molecule has 10 heteroatoms. The Kier molecular flexibility index (Phi) is 8.93. The minimum Gasteiger partial charge on any atom is -0.357 e. The van der Waals surface area contributed by atoms with Crippen molar-refractivity contribution in [3.63, 3.8) is 0 Å². The molecule has 0 unspecified atom stereocenters. The van der Waals surface area contributed by atoms with Crippen LogP contribution in [0.1, 0.15) is 18.6 Å². The van der Waals surface area contributed by atoms with Gasteiger partial charge in [-0.05, 0) is 24.6 Å². The smallest absolute Gasteiger partial charge is 0.276 e. The number of hydrogen-bond donors (Lipinski definition) is 2. The number of halogens is 1. The predicted octanol–water partition coefficient (Wildman–Crippen LogP) is 3.78. The molecule has 0 spiro atoms. The van der Waals surface area contributed by atoms with Gasteiger partial charge in [0.15, 0.2) is 11.8 Å². The van der Waals surface area contributed by atoms with Crippen LogP contribution in [0, 0.1) is 0 Å². The van der Waals surface area contributed by atoms with Gasteiger partial charge in [-0.25, -0.2) is 4.98 Å². The molecule has 172 valence electrons. The Labute approximate surface area is 209 Å². The maximum absolute atomic E-state index is 5.31. The van der Waals surface area contributed by atoms with Crippen LogP contribution in [0.4, 0.5) is 0 Å². The average molecular weight is 558 g/mol. The highest BCUT2D eigenvalue weighted by atomic mass is 127. The number of guanidine groups is 1. The van der Waals surface area contributed by atoms with Crippen molar-refractivity contribution >= 4 is 29.9 Å². The van der Waals surface area contributed by atoms with Gasteiger partial charge in [-0.3, -0.25) is 9.98 Å². The molecule has 4 rings (SSSR count). The lowest BCUT2D eigenvalue weighted by molar-refractivity contribution is 0.421. The number of nitrogens with zero attached hydrogens (tertiary/aromatic N) is 6. The summed E-state index contributed by atoms with van der Waals surface area (Å²) in [5.74, 6) is 2.68. The van der Waals surface area contributed by atoms with E-state index in [1.807, 2.05) is 61.5 Å². The minimum absolute atomic E-state index is 0. The monoisotopic (exact) mass is 558 g/mol. The third-order valence-electron chi connectivity index (χ3n) is 4.75. The third kappa shape index (κ3) is 6.60. The molecule has 0 aliphatic rings. The Bertz CT molecular complexity index is 1140. The van der Waals surface area contributed by atoms with E-state index in [2.05, 4.69) is 42.5 Å². The first-order chi connectivity index (χ1) is 15.7. The van der Waals surface area contributed by atoms with Crippen LogP contribution >= 0.6 is 24.0 Å². The second kappa shape index (κ2) is 12.1. The first-order valence-electron chi connectivity index (χ1n) is 10.6. The van der Waals surface area contributed by atoms with Crippen molar-refractivity contribution in [3.8, 4) is 22.8 Å². The van der Waals surface area contributed by atoms with E-state index in [1.165, 1.54) is 0 Å². The van der Waals surface area contributed by atoms with Crippen LogP contribution in [0.15, 0.2) is 70.4 Å². The Morgan fingerprint density at radius 1 is 1.12 bits per heavy atom. The van der Waals surface area contributed by atoms with Crippen LogP contribution in [-0.4, -0.2) is 56.1 Å². The predicted molar refractivity (Wildman–Crippen MR) is 138 cm³/mol. The SMILES string of the molecule is CCNC(=NCCc1noc(-c2ccccn2)n1)N(C)Cc1ncc(-c2ccccc2)[nH]1.I. The van der Waals surface area contributed by atoms with E-state index >= 15 is 0 Å². The Hall–Kier alpha value is -3.28. The van der Waals surface area contributed by atoms with Crippen molar-refractivity contribution in [1.29, 1.82) is 0 Å². The van der Waals surface area contributed by atoms with E-state index in [-0.39, 0.29) is 24.0 Å². The van der Waals surface area contributed by atoms with Gasteiger partial charge in [0.1, 0.15) is 11.5 Å². The van der Waals surface area contributed by atoms with Crippen LogP contribution in [0.25, 0.3) is 22.8 Å². The summed E-state index contributed by atoms with van der Waals surface area (Å²) in [6.07, 6.45) is 4.12. The van der Waals surface area contributed by atoms with Gasteiger partial charge in [-0.15, -0.1) is 24.0 Å². The number of benzene rings is 1. The fourth-order valence-corrected chi connectivity index (χ4v) is 3.19. The van der Waals surface area contributed by atoms with Crippen LogP contribution in [-0.2, 0) is 13.0 Å². The molecule has 0 aliphatic heterocycles. The minimum atomic E-state index is 0. The summed E-state index contributed by atoms with van der Waals surface area (Å²) in [7, 11) is 1.99. The molecule has 0 atom stereocenters. The van der Waals surface area contributed by atoms with Gasteiger partial charge < -0.3 is 19.7 Å². The molecule has 2 N–H and O–H groups in total. The number of rotatable bonds is 8. The Morgan fingerprint density at radius 3 is 2.70 bits per heavy atom. The van der Waals surface area contributed by atoms with Crippen molar-refractivity contribution in [3.05, 3.63) is 72.6 Å². The topological polar surface area (TPSA) is 108 Å². The highest BCUT2D eigenvalue weighted by Crippen LogP contribution is 2.16. The van der Waals surface area contributed by atoms with Gasteiger partial charge in [-0.1, -0.05) is 41.6 Å². The number of pyridine rings is 1. The van der Waals surface area contributed by atoms with Crippen LogP contribution < -0.4 is 5.32 Å². The number of aromatic amines is 1. The summed E-state index contributed by atoms with van der Waals surface area (Å²) in [4.78, 5) is 23.3. The van der Waals surface area contributed by atoms with E-state index in [4.69, 9.17) is 9.52 Å². The lowest BCUT2D eigenvalue weighted by Gasteiger charge is -2.20. The molecule has 1 aromatic carbocycles. The molecule has 33 heavy (non-hydrogen) atoms. The largest absolute Gasteiger partial charge is 0.357 e. The molecule has 0 saturated carbocycles. The highest BCUT2D eigenvalue weighted by molar-refractivity contribution is 14.0. The second-order valence-electron chi connectivity index (χ2n) is 7.18. The number of hydrogen-bond acceptors (Lipinski definition) is 6. The van der Waals surface area contributed by atoms with Gasteiger partial charge in [0.25, 0.3) is 5.89 Å². The second-order valence-corrected chi connectivity index (χ2v) is 7.18. The highest BCUT2D eigenvalue weighted by Gasteiger charge is 2.12. The van der Waals surface area contributed by atoms with Crippen LogP contribution in [0.2, 0.25) is 0 Å². The summed E-state index contributed by atoms with van der Waals surface area (Å²) in [5.41, 5.74) is 2.77. The standard InChI is InChI=1S/C23H26N8O.HI/c1-3-24-23(26-14-12-20-29-22(32-30-20)18-11-7-8-13-25-18)31(2)16-21-27-15-19(28-21)17-9-5-4-6-10-17;/h4-11,13,15H,3,12,14,16H2,1-2H3,(H,24,26)(H,27,28);1H. The van der Waals surface area contributed by atoms with Gasteiger partial charge in [-0.2, -0.15) is 4.98 Å². The van der Waals surface area contributed by atoms with Gasteiger partial charge in [0, 0.05) is 32.8 Å². The summed E-state index contributed by atoms with van der Waals surface area (Å²) in [6.45, 7) is 3.94. The van der Waals surface area contributed by atoms with Gasteiger partial charge in [0.2, 0.25) is 0 Å². The van der Waals surface area contributed by atoms with Gasteiger partial charge >= 0.3 is 0 Å². The number of nitrogens with one attached hydrogen (secondary N) is 2. The molecule has 0 bridgehead atoms. The first kappa shape index (κ1) is 24.4. The summed E-state index contributed by atoms with van der Waals surface area (Å²) in [5, 5.41) is 7.35. The van der Waals surface area contributed by atoms with Crippen LogP contribution in [0.3, 0.4) is 0 Å². The molecule has 0 aliphatic carbocycles. The molecule has 3 aromatic heterocycles. The molecule has 0 saturated heterocycles. The molecule has 0 fully saturated rings. The van der Waals surface area contributed by atoms with Crippen molar-refractivity contribution in [2.45, 2.75) is 19.9 Å². The molecule has 0 amide bonds. The van der Waals surface area contributed by atoms with Crippen molar-refractivity contribution in [2.24, 2.45) is 4.99 Å².